The molecule has 6 nitrogen and oxygen atoms in total. The molecular weight excluding hydrogens is 234 g/mol. The second-order valence-corrected chi connectivity index (χ2v) is 3.83. The zero-order valence-corrected chi connectivity index (χ0v) is 10.1. The first kappa shape index (κ1) is 12.1. The van der Waals surface area contributed by atoms with Gasteiger partial charge in [0.2, 0.25) is 0 Å². The fourth-order valence-corrected chi connectivity index (χ4v) is 1.44. The molecule has 0 aliphatic heterocycles. The van der Waals surface area contributed by atoms with Crippen LogP contribution in [0.1, 0.15) is 28.7 Å². The van der Waals surface area contributed by atoms with E-state index in [0.29, 0.717) is 17.9 Å². The van der Waals surface area contributed by atoms with Gasteiger partial charge in [-0.15, -0.1) is 0 Å². The van der Waals surface area contributed by atoms with Crippen molar-refractivity contribution in [2.45, 2.75) is 20.3 Å². The average molecular weight is 247 g/mol. The van der Waals surface area contributed by atoms with Crippen molar-refractivity contribution < 1.29 is 9.21 Å². The van der Waals surface area contributed by atoms with Crippen LogP contribution in [-0.4, -0.2) is 15.9 Å². The number of amides is 1. The minimum atomic E-state index is -0.541. The van der Waals surface area contributed by atoms with E-state index in [0.717, 1.165) is 0 Å². The van der Waals surface area contributed by atoms with Crippen LogP contribution in [-0.2, 0) is 6.42 Å². The topological polar surface area (TPSA) is 88.0 Å². The van der Waals surface area contributed by atoms with Crippen LogP contribution in [0.25, 0.3) is 0 Å². The quantitative estimate of drug-likeness (QED) is 0.860. The molecule has 2 heterocycles. The van der Waals surface area contributed by atoms with E-state index in [9.17, 15) is 9.59 Å². The molecule has 0 saturated heterocycles. The van der Waals surface area contributed by atoms with Gasteiger partial charge >= 0.3 is 6.01 Å². The molecule has 0 aromatic carbocycles. The highest BCUT2D eigenvalue weighted by atomic mass is 16.4. The summed E-state index contributed by atoms with van der Waals surface area (Å²) in [5.41, 5.74) is 0.379. The molecule has 2 aromatic rings. The van der Waals surface area contributed by atoms with Gasteiger partial charge in [-0.25, -0.2) is 4.98 Å². The third-order valence-electron chi connectivity index (χ3n) is 2.42. The monoisotopic (exact) mass is 247 g/mol. The highest BCUT2D eigenvalue weighted by Crippen LogP contribution is 2.09. The van der Waals surface area contributed by atoms with E-state index in [1.807, 2.05) is 6.92 Å². The minimum Gasteiger partial charge on any atom is -0.428 e. The zero-order valence-electron chi connectivity index (χ0n) is 10.1. The van der Waals surface area contributed by atoms with Gasteiger partial charge in [-0.3, -0.25) is 14.9 Å². The molecule has 2 rings (SSSR count). The van der Waals surface area contributed by atoms with Crippen LogP contribution in [0, 0.1) is 6.92 Å². The molecule has 0 aliphatic carbocycles. The summed E-state index contributed by atoms with van der Waals surface area (Å²) < 4.78 is 5.23. The van der Waals surface area contributed by atoms with Crippen molar-refractivity contribution in [3.63, 3.8) is 0 Å². The van der Waals surface area contributed by atoms with E-state index in [2.05, 4.69) is 15.3 Å². The lowest BCUT2D eigenvalue weighted by Gasteiger charge is -2.00. The number of hydrogen-bond donors (Lipinski definition) is 2. The van der Waals surface area contributed by atoms with Gasteiger partial charge in [0, 0.05) is 24.4 Å². The van der Waals surface area contributed by atoms with Gasteiger partial charge < -0.3 is 9.40 Å². The first-order valence-corrected chi connectivity index (χ1v) is 5.55. The van der Waals surface area contributed by atoms with Crippen molar-refractivity contribution in [2.24, 2.45) is 0 Å². The molecule has 0 bridgehead atoms. The summed E-state index contributed by atoms with van der Waals surface area (Å²) in [6, 6.07) is 1.46. The lowest BCUT2D eigenvalue weighted by molar-refractivity contribution is 0.102. The van der Waals surface area contributed by atoms with Gasteiger partial charge in [0.25, 0.3) is 5.91 Å². The van der Waals surface area contributed by atoms with Gasteiger partial charge in [0.15, 0.2) is 5.43 Å². The van der Waals surface area contributed by atoms with Crippen molar-refractivity contribution in [3.8, 4) is 0 Å². The number of aryl methyl sites for hydroxylation is 2. The molecule has 1 amide bonds. The van der Waals surface area contributed by atoms with E-state index >= 15 is 0 Å². The molecule has 94 valence electrons. The second-order valence-electron chi connectivity index (χ2n) is 3.83. The number of oxazole rings is 1. The first-order chi connectivity index (χ1) is 8.60. The van der Waals surface area contributed by atoms with Gasteiger partial charge in [0.1, 0.15) is 11.3 Å². The molecule has 18 heavy (non-hydrogen) atoms. The van der Waals surface area contributed by atoms with E-state index in [4.69, 9.17) is 4.42 Å². The third-order valence-corrected chi connectivity index (χ3v) is 2.42. The van der Waals surface area contributed by atoms with Gasteiger partial charge in [0.05, 0.1) is 6.20 Å². The van der Waals surface area contributed by atoms with Gasteiger partial charge in [-0.2, -0.15) is 0 Å². The average Bonchev–Trinajstić information content (AvgIpc) is 2.76. The number of carbonyl (C=O) groups is 1. The van der Waals surface area contributed by atoms with Crippen LogP contribution in [0.3, 0.4) is 0 Å². The Kier molecular flexibility index (Phi) is 3.27. The van der Waals surface area contributed by atoms with Crippen molar-refractivity contribution >= 4 is 11.9 Å². The van der Waals surface area contributed by atoms with Crippen molar-refractivity contribution in [3.05, 3.63) is 45.7 Å². The normalized spacial score (nSPS) is 10.3. The number of anilines is 1. The van der Waals surface area contributed by atoms with E-state index in [1.54, 1.807) is 6.92 Å². The molecule has 0 saturated carbocycles. The Labute approximate surface area is 103 Å². The van der Waals surface area contributed by atoms with Gasteiger partial charge in [-0.1, -0.05) is 6.92 Å². The number of aromatic amines is 1. The number of aromatic nitrogens is 2. The van der Waals surface area contributed by atoms with E-state index in [1.165, 1.54) is 18.5 Å². The molecule has 0 aliphatic rings. The highest BCUT2D eigenvalue weighted by molar-refractivity contribution is 6.02. The maximum atomic E-state index is 11.8. The summed E-state index contributed by atoms with van der Waals surface area (Å²) in [5, 5.41) is 2.44. The van der Waals surface area contributed by atoms with Crippen molar-refractivity contribution in [1.82, 2.24) is 9.97 Å². The second kappa shape index (κ2) is 4.87. The predicted molar refractivity (Wildman–Crippen MR) is 65.6 cm³/mol. The number of H-pyrrole nitrogens is 1. The standard InChI is InChI=1S/C12H13N3O3/c1-3-8-5-14-12(18-8)15-11(17)9-6-13-7(2)4-10(9)16/h4-6H,3H2,1-2H3,(H,13,16)(H,14,15,17). The molecule has 0 atom stereocenters. The minimum absolute atomic E-state index is 0.0249. The van der Waals surface area contributed by atoms with Crippen LogP contribution < -0.4 is 10.7 Å². The first-order valence-electron chi connectivity index (χ1n) is 5.55. The Balaban J connectivity index is 2.19. The van der Waals surface area contributed by atoms with Crippen LogP contribution in [0.2, 0.25) is 0 Å². The van der Waals surface area contributed by atoms with E-state index < -0.39 is 5.91 Å². The summed E-state index contributed by atoms with van der Waals surface area (Å²) >= 11 is 0. The number of hydrogen-bond acceptors (Lipinski definition) is 4. The Bertz CT molecular complexity index is 627. The lowest BCUT2D eigenvalue weighted by atomic mass is 10.2. The molecule has 2 aromatic heterocycles. The lowest BCUT2D eigenvalue weighted by Crippen LogP contribution is -2.21. The summed E-state index contributed by atoms with van der Waals surface area (Å²) in [6.07, 6.45) is 3.60. The summed E-state index contributed by atoms with van der Waals surface area (Å²) in [4.78, 5) is 30.1. The summed E-state index contributed by atoms with van der Waals surface area (Å²) in [7, 11) is 0. The smallest absolute Gasteiger partial charge is 0.301 e. The molecule has 2 N–H and O–H groups in total. The Morgan fingerprint density at radius 3 is 2.94 bits per heavy atom. The maximum absolute atomic E-state index is 11.8. The van der Waals surface area contributed by atoms with Crippen molar-refractivity contribution in [2.75, 3.05) is 5.32 Å². The summed E-state index contributed by atoms with van der Waals surface area (Å²) in [6.45, 7) is 3.65. The number of rotatable bonds is 3. The largest absolute Gasteiger partial charge is 0.428 e. The zero-order chi connectivity index (χ0) is 13.1. The number of nitrogens with one attached hydrogen (secondary N) is 2. The van der Waals surface area contributed by atoms with Crippen LogP contribution in [0.4, 0.5) is 6.01 Å². The molecule has 0 fully saturated rings. The Morgan fingerprint density at radius 2 is 2.33 bits per heavy atom. The van der Waals surface area contributed by atoms with Gasteiger partial charge in [-0.05, 0) is 6.92 Å². The number of carbonyl (C=O) groups excluding carboxylic acids is 1. The highest BCUT2D eigenvalue weighted by Gasteiger charge is 2.13. The third kappa shape index (κ3) is 2.48. The molecule has 6 heteroatoms. The van der Waals surface area contributed by atoms with Crippen LogP contribution >= 0.6 is 0 Å². The Hall–Kier alpha value is -2.37. The number of pyridine rings is 1. The molecule has 0 unspecified atom stereocenters. The SMILES string of the molecule is CCc1cnc(NC(=O)c2c[nH]c(C)cc2=O)o1. The molecule has 0 spiro atoms. The van der Waals surface area contributed by atoms with E-state index in [-0.39, 0.29) is 17.0 Å². The fraction of sp³-hybridized carbons (Fsp3) is 0.250. The predicted octanol–water partition coefficient (Wildman–Crippen LogP) is 1.49. The van der Waals surface area contributed by atoms with Crippen LogP contribution in [0.15, 0.2) is 27.7 Å². The van der Waals surface area contributed by atoms with Crippen LogP contribution in [0.5, 0.6) is 0 Å². The fourth-order valence-electron chi connectivity index (χ4n) is 1.44. The maximum Gasteiger partial charge on any atom is 0.301 e. The number of nitrogens with zero attached hydrogens (tertiary/aromatic N) is 1. The Morgan fingerprint density at radius 1 is 1.56 bits per heavy atom. The summed E-state index contributed by atoms with van der Waals surface area (Å²) in [5.74, 6) is 0.129. The molecular formula is C12H13N3O3. The molecule has 0 radical (unpaired) electrons. The van der Waals surface area contributed by atoms with Crippen molar-refractivity contribution in [1.29, 1.82) is 0 Å².